The van der Waals surface area contributed by atoms with Crippen molar-refractivity contribution in [2.24, 2.45) is 16.6 Å². The number of aliphatic imine (C=N–C) groups is 1. The SMILES string of the molecule is CCCC(C)Cc1csc2ccc(-c3cccc(F)c3OCCC(C(C)=NC)=C(N)COC)cc12. The van der Waals surface area contributed by atoms with Gasteiger partial charge in [-0.15, -0.1) is 11.3 Å². The molecule has 0 radical (unpaired) electrons. The first-order valence-corrected chi connectivity index (χ1v) is 13.1. The average Bonchev–Trinajstić information content (AvgIpc) is 3.24. The van der Waals surface area contributed by atoms with Crippen LogP contribution in [0.1, 0.15) is 45.6 Å². The summed E-state index contributed by atoms with van der Waals surface area (Å²) in [7, 11) is 3.33. The van der Waals surface area contributed by atoms with E-state index < -0.39 is 0 Å². The minimum Gasteiger partial charge on any atom is -0.490 e. The van der Waals surface area contributed by atoms with Gasteiger partial charge in [-0.2, -0.15) is 0 Å². The molecular weight excluding hydrogens is 459 g/mol. The number of nitrogens with zero attached hydrogens (tertiary/aromatic N) is 1. The second kappa shape index (κ2) is 12.8. The van der Waals surface area contributed by atoms with Crippen molar-refractivity contribution in [3.63, 3.8) is 0 Å². The molecule has 0 saturated heterocycles. The van der Waals surface area contributed by atoms with Crippen LogP contribution in [0, 0.1) is 11.7 Å². The molecule has 188 valence electrons. The van der Waals surface area contributed by atoms with Gasteiger partial charge in [-0.1, -0.05) is 44.9 Å². The van der Waals surface area contributed by atoms with Crippen molar-refractivity contribution in [3.8, 4) is 16.9 Å². The fourth-order valence-corrected chi connectivity index (χ4v) is 5.42. The molecule has 0 aliphatic heterocycles. The predicted octanol–water partition coefficient (Wildman–Crippen LogP) is 7.40. The van der Waals surface area contributed by atoms with E-state index in [2.05, 4.69) is 42.4 Å². The fourth-order valence-electron chi connectivity index (χ4n) is 4.47. The van der Waals surface area contributed by atoms with E-state index in [1.165, 1.54) is 34.6 Å². The lowest BCUT2D eigenvalue weighted by Crippen LogP contribution is -2.16. The van der Waals surface area contributed by atoms with Crippen molar-refractivity contribution < 1.29 is 13.9 Å². The molecule has 6 heteroatoms. The zero-order valence-corrected chi connectivity index (χ0v) is 22.3. The summed E-state index contributed by atoms with van der Waals surface area (Å²) in [5.74, 6) is 0.525. The van der Waals surface area contributed by atoms with Crippen LogP contribution in [-0.2, 0) is 11.2 Å². The molecule has 3 aromatic rings. The molecule has 0 saturated carbocycles. The quantitative estimate of drug-likeness (QED) is 0.266. The van der Waals surface area contributed by atoms with Crippen LogP contribution in [-0.4, -0.2) is 33.1 Å². The highest BCUT2D eigenvalue weighted by atomic mass is 32.1. The van der Waals surface area contributed by atoms with E-state index in [-0.39, 0.29) is 18.2 Å². The predicted molar refractivity (Wildman–Crippen MR) is 147 cm³/mol. The van der Waals surface area contributed by atoms with Gasteiger partial charge >= 0.3 is 0 Å². The first-order chi connectivity index (χ1) is 16.9. The Balaban J connectivity index is 1.88. The molecule has 1 unspecified atom stereocenters. The summed E-state index contributed by atoms with van der Waals surface area (Å²) in [6.07, 6.45) is 3.97. The Labute approximate surface area is 212 Å². The summed E-state index contributed by atoms with van der Waals surface area (Å²) >= 11 is 1.77. The van der Waals surface area contributed by atoms with Gasteiger partial charge in [-0.05, 0) is 64.9 Å². The van der Waals surface area contributed by atoms with Gasteiger partial charge in [0.1, 0.15) is 0 Å². The van der Waals surface area contributed by atoms with E-state index in [0.29, 0.717) is 24.6 Å². The largest absolute Gasteiger partial charge is 0.490 e. The lowest BCUT2D eigenvalue weighted by atomic mass is 9.95. The lowest BCUT2D eigenvalue weighted by Gasteiger charge is -2.16. The summed E-state index contributed by atoms with van der Waals surface area (Å²) in [6, 6.07) is 11.4. The second-order valence-electron chi connectivity index (χ2n) is 9.03. The number of benzene rings is 2. The summed E-state index contributed by atoms with van der Waals surface area (Å²) in [6.45, 7) is 7.03. The Morgan fingerprint density at radius 2 is 2.03 bits per heavy atom. The third-order valence-electron chi connectivity index (χ3n) is 6.34. The van der Waals surface area contributed by atoms with Gasteiger partial charge in [0.25, 0.3) is 0 Å². The summed E-state index contributed by atoms with van der Waals surface area (Å²) < 4.78 is 27.4. The first-order valence-electron chi connectivity index (χ1n) is 12.2. The maximum absolute atomic E-state index is 15.0. The van der Waals surface area contributed by atoms with Gasteiger partial charge < -0.3 is 15.2 Å². The van der Waals surface area contributed by atoms with Crippen LogP contribution in [0.2, 0.25) is 0 Å². The molecule has 4 nitrogen and oxygen atoms in total. The molecule has 0 aliphatic carbocycles. The number of rotatable bonds is 12. The number of para-hydroxylation sites is 1. The highest BCUT2D eigenvalue weighted by Gasteiger charge is 2.16. The normalized spacial score (nSPS) is 13.7. The van der Waals surface area contributed by atoms with Gasteiger partial charge in [0.2, 0.25) is 0 Å². The van der Waals surface area contributed by atoms with Gasteiger partial charge in [0.05, 0.1) is 13.2 Å². The summed E-state index contributed by atoms with van der Waals surface area (Å²) in [5, 5.41) is 3.51. The first kappa shape index (κ1) is 26.9. The van der Waals surface area contributed by atoms with Crippen LogP contribution < -0.4 is 10.5 Å². The molecule has 1 aromatic heterocycles. The van der Waals surface area contributed by atoms with Crippen LogP contribution in [0.15, 0.2) is 58.0 Å². The van der Waals surface area contributed by atoms with Crippen molar-refractivity contribution in [1.82, 2.24) is 0 Å². The number of ether oxygens (including phenoxy) is 2. The van der Waals surface area contributed by atoms with Crippen LogP contribution in [0.3, 0.4) is 0 Å². The number of fused-ring (bicyclic) bond motifs is 1. The van der Waals surface area contributed by atoms with Crippen molar-refractivity contribution in [2.45, 2.75) is 46.5 Å². The molecular formula is C29H37FN2O2S. The maximum atomic E-state index is 15.0. The van der Waals surface area contributed by atoms with Crippen molar-refractivity contribution in [1.29, 1.82) is 0 Å². The van der Waals surface area contributed by atoms with Crippen molar-refractivity contribution >= 4 is 27.1 Å². The Morgan fingerprint density at radius 3 is 2.74 bits per heavy atom. The number of thiophene rings is 1. The summed E-state index contributed by atoms with van der Waals surface area (Å²) in [5.41, 5.74) is 11.6. The van der Waals surface area contributed by atoms with Gasteiger partial charge in [-0.25, -0.2) is 4.39 Å². The monoisotopic (exact) mass is 496 g/mol. The molecule has 2 aromatic carbocycles. The molecule has 2 N–H and O–H groups in total. The second-order valence-corrected chi connectivity index (χ2v) is 9.94. The minimum atomic E-state index is -0.374. The number of hydrogen-bond acceptors (Lipinski definition) is 5. The Kier molecular flexibility index (Phi) is 9.87. The van der Waals surface area contributed by atoms with E-state index >= 15 is 0 Å². The summed E-state index contributed by atoms with van der Waals surface area (Å²) in [4.78, 5) is 4.26. The third-order valence-corrected chi connectivity index (χ3v) is 7.35. The maximum Gasteiger partial charge on any atom is 0.165 e. The van der Waals surface area contributed by atoms with E-state index in [1.54, 1.807) is 31.6 Å². The Hall–Kier alpha value is -2.70. The van der Waals surface area contributed by atoms with E-state index in [0.717, 1.165) is 28.8 Å². The van der Waals surface area contributed by atoms with Crippen LogP contribution in [0.25, 0.3) is 21.2 Å². The highest BCUT2D eigenvalue weighted by molar-refractivity contribution is 7.17. The topological polar surface area (TPSA) is 56.8 Å². The number of methoxy groups -OCH3 is 1. The van der Waals surface area contributed by atoms with Gasteiger partial charge in [0, 0.05) is 42.3 Å². The van der Waals surface area contributed by atoms with Gasteiger partial charge in [0.15, 0.2) is 11.6 Å². The number of nitrogens with two attached hydrogens (primary N) is 1. The molecule has 0 bridgehead atoms. The zero-order valence-electron chi connectivity index (χ0n) is 21.5. The molecule has 0 aliphatic rings. The molecule has 0 amide bonds. The zero-order chi connectivity index (χ0) is 25.4. The Bertz CT molecular complexity index is 1200. The van der Waals surface area contributed by atoms with Crippen molar-refractivity contribution in [2.75, 3.05) is 27.4 Å². The fraction of sp³-hybridized carbons (Fsp3) is 0.414. The average molecular weight is 497 g/mol. The third kappa shape index (κ3) is 6.71. The van der Waals surface area contributed by atoms with E-state index in [4.69, 9.17) is 15.2 Å². The van der Waals surface area contributed by atoms with Crippen molar-refractivity contribution in [3.05, 3.63) is 64.4 Å². The molecule has 35 heavy (non-hydrogen) atoms. The minimum absolute atomic E-state index is 0.263. The number of halogens is 1. The molecule has 1 heterocycles. The smallest absolute Gasteiger partial charge is 0.165 e. The van der Waals surface area contributed by atoms with E-state index in [1.807, 2.05) is 13.0 Å². The van der Waals surface area contributed by atoms with Crippen LogP contribution in [0.5, 0.6) is 5.75 Å². The molecule has 0 fully saturated rings. The lowest BCUT2D eigenvalue weighted by molar-refractivity contribution is 0.223. The van der Waals surface area contributed by atoms with Crippen LogP contribution >= 0.6 is 11.3 Å². The van der Waals surface area contributed by atoms with E-state index in [9.17, 15) is 4.39 Å². The Morgan fingerprint density at radius 1 is 1.23 bits per heavy atom. The molecule has 3 rings (SSSR count). The molecule has 1 atom stereocenters. The standard InChI is InChI=1S/C29H37FN2O2S/c1-6-8-19(2)15-22-18-35-28-12-11-21(16-25(22)28)24-9-7-10-26(30)29(24)34-14-13-23(20(3)32-4)27(31)17-33-5/h7,9-12,16,18-19H,6,8,13-15,17,31H2,1-5H3. The molecule has 0 spiro atoms. The van der Waals surface area contributed by atoms with Gasteiger partial charge in [-0.3, -0.25) is 4.99 Å². The number of hydrogen-bond donors (Lipinski definition) is 1. The van der Waals surface area contributed by atoms with Crippen LogP contribution in [0.4, 0.5) is 4.39 Å². The highest BCUT2D eigenvalue weighted by Crippen LogP contribution is 2.37.